The highest BCUT2D eigenvalue weighted by molar-refractivity contribution is 7.49. The van der Waals surface area contributed by atoms with Crippen LogP contribution < -0.4 is 10.4 Å². The summed E-state index contributed by atoms with van der Waals surface area (Å²) < 4.78 is 0. The highest BCUT2D eigenvalue weighted by atomic mass is 35.5. The Morgan fingerprint density at radius 1 is 1.05 bits per heavy atom. The average molecular weight is 310 g/mol. The Hall–Kier alpha value is -0.850. The molecule has 98 valence electrons. The standard InChI is InChI=1S/C15H13Cl2OP/c1-9-6-7-13(10(2)8-9)19-15(18)14-11(16)4-3-5-12(14)17/h3-8,18H,1-2H3/p-1. The lowest BCUT2D eigenvalue weighted by Crippen LogP contribution is -2.19. The second-order valence-corrected chi connectivity index (χ2v) is 6.23. The number of hydrogen-bond donors (Lipinski definition) is 0. The summed E-state index contributed by atoms with van der Waals surface area (Å²) in [5, 5.41) is 14.1. The fourth-order valence-electron chi connectivity index (χ4n) is 1.80. The molecule has 0 aliphatic heterocycles. The van der Waals surface area contributed by atoms with Gasteiger partial charge in [-0.2, -0.15) is 0 Å². The maximum atomic E-state index is 12.3. The van der Waals surface area contributed by atoms with Gasteiger partial charge in [-0.05, 0) is 37.6 Å². The van der Waals surface area contributed by atoms with Crippen LogP contribution in [0.25, 0.3) is 0 Å². The third kappa shape index (κ3) is 3.38. The number of rotatable bonds is 2. The topological polar surface area (TPSA) is 23.1 Å². The minimum absolute atomic E-state index is 0.0810. The number of benzene rings is 2. The van der Waals surface area contributed by atoms with E-state index >= 15 is 0 Å². The summed E-state index contributed by atoms with van der Waals surface area (Å²) in [7, 11) is 0.594. The second-order valence-electron chi connectivity index (χ2n) is 4.30. The normalized spacial score (nSPS) is 11.7. The Balaban J connectivity index is 2.49. The summed E-state index contributed by atoms with van der Waals surface area (Å²) in [4.78, 5) is 0. The van der Waals surface area contributed by atoms with Crippen LogP contribution in [0.15, 0.2) is 36.4 Å². The molecule has 0 spiro atoms. The monoisotopic (exact) mass is 309 g/mol. The van der Waals surface area contributed by atoms with Crippen molar-refractivity contribution in [3.63, 3.8) is 0 Å². The number of hydrogen-bond acceptors (Lipinski definition) is 1. The van der Waals surface area contributed by atoms with Crippen molar-refractivity contribution in [2.75, 3.05) is 0 Å². The molecule has 0 unspecified atom stereocenters. The van der Waals surface area contributed by atoms with E-state index in [0.717, 1.165) is 10.9 Å². The molecule has 2 aromatic carbocycles. The van der Waals surface area contributed by atoms with Crippen LogP contribution in [-0.4, -0.2) is 5.48 Å². The fourth-order valence-corrected chi connectivity index (χ4v) is 3.46. The molecule has 0 aliphatic carbocycles. The lowest BCUT2D eigenvalue weighted by molar-refractivity contribution is -0.206. The zero-order valence-corrected chi connectivity index (χ0v) is 13.0. The van der Waals surface area contributed by atoms with Crippen LogP contribution in [0.1, 0.15) is 16.7 Å². The predicted molar refractivity (Wildman–Crippen MR) is 83.0 cm³/mol. The van der Waals surface area contributed by atoms with E-state index < -0.39 is 0 Å². The molecule has 19 heavy (non-hydrogen) atoms. The summed E-state index contributed by atoms with van der Waals surface area (Å²) >= 11 is 12.1. The van der Waals surface area contributed by atoms with E-state index in [1.165, 1.54) is 5.56 Å². The third-order valence-corrected chi connectivity index (χ3v) is 4.55. The maximum Gasteiger partial charge on any atom is 0.0486 e. The quantitative estimate of drug-likeness (QED) is 0.775. The number of halogens is 2. The van der Waals surface area contributed by atoms with Crippen LogP contribution in [0, 0.1) is 13.8 Å². The van der Waals surface area contributed by atoms with Gasteiger partial charge in [0.25, 0.3) is 0 Å². The summed E-state index contributed by atoms with van der Waals surface area (Å²) in [6.45, 7) is 4.03. The molecular formula is C15H12Cl2OP-. The summed E-state index contributed by atoms with van der Waals surface area (Å²) in [5.74, 6) is 0. The zero-order chi connectivity index (χ0) is 14.0. The molecule has 0 saturated carbocycles. The van der Waals surface area contributed by atoms with Crippen molar-refractivity contribution in [2.24, 2.45) is 0 Å². The van der Waals surface area contributed by atoms with E-state index in [-0.39, 0.29) is 5.48 Å². The number of aryl methyl sites for hydroxylation is 2. The summed E-state index contributed by atoms with van der Waals surface area (Å²) in [5.41, 5.74) is 2.59. The first-order chi connectivity index (χ1) is 8.99. The van der Waals surface area contributed by atoms with Crippen LogP contribution in [0.5, 0.6) is 0 Å². The molecule has 0 saturated heterocycles. The van der Waals surface area contributed by atoms with Crippen molar-refractivity contribution in [3.05, 3.63) is 63.1 Å². The first-order valence-electron chi connectivity index (χ1n) is 5.76. The molecule has 2 rings (SSSR count). The van der Waals surface area contributed by atoms with E-state index in [2.05, 4.69) is 6.07 Å². The zero-order valence-electron chi connectivity index (χ0n) is 10.6. The predicted octanol–water partition coefficient (Wildman–Crippen LogP) is 3.72. The molecule has 0 atom stereocenters. The molecule has 0 amide bonds. The Bertz CT molecular complexity index is 630. The van der Waals surface area contributed by atoms with Crippen molar-refractivity contribution in [3.8, 4) is 0 Å². The van der Waals surface area contributed by atoms with Crippen LogP contribution in [0.4, 0.5) is 0 Å². The summed E-state index contributed by atoms with van der Waals surface area (Å²) in [6, 6.07) is 11.1. The smallest absolute Gasteiger partial charge is 0.0486 e. The molecule has 0 N–H and O–H groups in total. The van der Waals surface area contributed by atoms with Gasteiger partial charge in [0.2, 0.25) is 0 Å². The lowest BCUT2D eigenvalue weighted by atomic mass is 10.2. The SMILES string of the molecule is Cc1ccc(P=C([O-])c2c(Cl)cccc2Cl)c(C)c1. The van der Waals surface area contributed by atoms with Gasteiger partial charge in [0.05, 0.1) is 0 Å². The van der Waals surface area contributed by atoms with Gasteiger partial charge in [0.1, 0.15) is 0 Å². The van der Waals surface area contributed by atoms with E-state index in [9.17, 15) is 5.11 Å². The van der Waals surface area contributed by atoms with Gasteiger partial charge in [-0.3, -0.25) is 0 Å². The van der Waals surface area contributed by atoms with E-state index in [1.807, 2.05) is 26.0 Å². The van der Waals surface area contributed by atoms with E-state index in [4.69, 9.17) is 23.2 Å². The average Bonchev–Trinajstić information content (AvgIpc) is 2.32. The molecule has 2 aromatic rings. The van der Waals surface area contributed by atoms with Crippen LogP contribution in [0.2, 0.25) is 10.0 Å². The summed E-state index contributed by atoms with van der Waals surface area (Å²) in [6.07, 6.45) is 0. The van der Waals surface area contributed by atoms with Crippen molar-refractivity contribution in [2.45, 2.75) is 13.8 Å². The molecule has 0 aromatic heterocycles. The van der Waals surface area contributed by atoms with Crippen molar-refractivity contribution < 1.29 is 5.11 Å². The van der Waals surface area contributed by atoms with E-state index in [0.29, 0.717) is 23.8 Å². The van der Waals surface area contributed by atoms with Crippen LogP contribution in [0.3, 0.4) is 0 Å². The second kappa shape index (κ2) is 6.07. The van der Waals surface area contributed by atoms with Gasteiger partial charge in [0, 0.05) is 20.9 Å². The molecule has 1 nitrogen and oxygen atoms in total. The Kier molecular flexibility index (Phi) is 4.65. The van der Waals surface area contributed by atoms with Crippen LogP contribution >= 0.6 is 31.4 Å². The Morgan fingerprint density at radius 2 is 1.68 bits per heavy atom. The molecule has 4 heteroatoms. The molecular weight excluding hydrogens is 298 g/mol. The van der Waals surface area contributed by atoms with Gasteiger partial charge < -0.3 is 5.11 Å². The third-order valence-electron chi connectivity index (χ3n) is 2.75. The molecule has 0 radical (unpaired) electrons. The minimum Gasteiger partial charge on any atom is -0.823 e. The lowest BCUT2D eigenvalue weighted by Gasteiger charge is -2.16. The first-order valence-corrected chi connectivity index (χ1v) is 7.41. The van der Waals surface area contributed by atoms with Crippen LogP contribution in [-0.2, 0) is 0 Å². The van der Waals surface area contributed by atoms with Crippen molar-refractivity contribution in [1.29, 1.82) is 0 Å². The first kappa shape index (κ1) is 14.6. The molecule has 0 fully saturated rings. The highest BCUT2D eigenvalue weighted by Crippen LogP contribution is 2.25. The molecule has 0 heterocycles. The molecule has 0 bridgehead atoms. The minimum atomic E-state index is -0.0810. The van der Waals surface area contributed by atoms with Crippen molar-refractivity contribution >= 4 is 42.2 Å². The van der Waals surface area contributed by atoms with Gasteiger partial charge in [-0.15, -0.1) is 5.48 Å². The highest BCUT2D eigenvalue weighted by Gasteiger charge is 2.04. The molecule has 0 aliphatic rings. The fraction of sp³-hybridized carbons (Fsp3) is 0.133. The Morgan fingerprint density at radius 3 is 2.26 bits per heavy atom. The van der Waals surface area contributed by atoms with E-state index in [1.54, 1.807) is 18.2 Å². The van der Waals surface area contributed by atoms with Gasteiger partial charge in [-0.1, -0.05) is 55.2 Å². The van der Waals surface area contributed by atoms with Crippen molar-refractivity contribution in [1.82, 2.24) is 0 Å². The van der Waals surface area contributed by atoms with Gasteiger partial charge in [-0.25, -0.2) is 0 Å². The van der Waals surface area contributed by atoms with Gasteiger partial charge >= 0.3 is 0 Å². The largest absolute Gasteiger partial charge is 0.823 e. The Labute approximate surface area is 124 Å². The van der Waals surface area contributed by atoms with Gasteiger partial charge in [0.15, 0.2) is 0 Å². The maximum absolute atomic E-state index is 12.3.